The summed E-state index contributed by atoms with van der Waals surface area (Å²) in [6.45, 7) is 2.69. The summed E-state index contributed by atoms with van der Waals surface area (Å²) in [6.07, 6.45) is 0. The van der Waals surface area contributed by atoms with Gasteiger partial charge < -0.3 is 16.0 Å². The molecule has 1 aromatic rings. The van der Waals surface area contributed by atoms with Gasteiger partial charge in [-0.25, -0.2) is 4.79 Å². The highest BCUT2D eigenvalue weighted by Gasteiger charge is 2.16. The summed E-state index contributed by atoms with van der Waals surface area (Å²) in [5, 5.41) is 9.38. The fraction of sp³-hybridized carbons (Fsp3) is 0.364. The van der Waals surface area contributed by atoms with Crippen LogP contribution in [0.2, 0.25) is 5.02 Å². The predicted molar refractivity (Wildman–Crippen MR) is 64.8 cm³/mol. The maximum atomic E-state index is 11.5. The van der Waals surface area contributed by atoms with Gasteiger partial charge in [-0.1, -0.05) is 11.6 Å². The molecule has 1 heterocycles. The number of hydrogen-bond donors (Lipinski definition) is 3. The first-order chi connectivity index (χ1) is 7.74. The smallest absolute Gasteiger partial charge is 0.319 e. The molecule has 86 valence electrons. The molecule has 16 heavy (non-hydrogen) atoms. The van der Waals surface area contributed by atoms with Gasteiger partial charge in [0, 0.05) is 36.3 Å². The molecule has 1 aromatic carbocycles. The van der Waals surface area contributed by atoms with Crippen LogP contribution >= 0.6 is 11.6 Å². The highest BCUT2D eigenvalue weighted by molar-refractivity contribution is 6.30. The number of amides is 2. The van der Waals surface area contributed by atoms with Crippen LogP contribution in [0.4, 0.5) is 10.5 Å². The van der Waals surface area contributed by atoms with Gasteiger partial charge in [-0.3, -0.25) is 0 Å². The Balaban J connectivity index is 1.75. The lowest BCUT2D eigenvalue weighted by Gasteiger charge is -2.27. The SMILES string of the molecule is O=C(NCC1CNC1)Nc1ccc(Cl)cc1. The Hall–Kier alpha value is -1.26. The van der Waals surface area contributed by atoms with E-state index < -0.39 is 0 Å². The molecule has 0 bridgehead atoms. The van der Waals surface area contributed by atoms with Gasteiger partial charge in [-0.05, 0) is 24.3 Å². The zero-order valence-corrected chi connectivity index (χ0v) is 9.55. The topological polar surface area (TPSA) is 53.2 Å². The molecule has 0 spiro atoms. The Morgan fingerprint density at radius 2 is 2.06 bits per heavy atom. The Morgan fingerprint density at radius 3 is 2.62 bits per heavy atom. The molecular weight excluding hydrogens is 226 g/mol. The summed E-state index contributed by atoms with van der Waals surface area (Å²) in [7, 11) is 0. The largest absolute Gasteiger partial charge is 0.337 e. The van der Waals surface area contributed by atoms with Crippen molar-refractivity contribution in [1.82, 2.24) is 10.6 Å². The average molecular weight is 240 g/mol. The molecular formula is C11H14ClN3O. The van der Waals surface area contributed by atoms with Crippen molar-refractivity contribution in [2.45, 2.75) is 0 Å². The van der Waals surface area contributed by atoms with Crippen LogP contribution in [0.15, 0.2) is 24.3 Å². The Bertz CT molecular complexity index is 362. The number of benzene rings is 1. The second kappa shape index (κ2) is 5.18. The number of anilines is 1. The van der Waals surface area contributed by atoms with Crippen molar-refractivity contribution in [3.63, 3.8) is 0 Å². The minimum Gasteiger partial charge on any atom is -0.337 e. The quantitative estimate of drug-likeness (QED) is 0.752. The summed E-state index contributed by atoms with van der Waals surface area (Å²) in [5.41, 5.74) is 0.744. The summed E-state index contributed by atoms with van der Waals surface area (Å²) in [5.74, 6) is 0.566. The van der Waals surface area contributed by atoms with Gasteiger partial charge in [-0.2, -0.15) is 0 Å². The van der Waals surface area contributed by atoms with Crippen molar-refractivity contribution in [2.75, 3.05) is 25.0 Å². The minimum absolute atomic E-state index is 0.172. The van der Waals surface area contributed by atoms with Crippen LogP contribution < -0.4 is 16.0 Å². The molecule has 1 aliphatic rings. The summed E-state index contributed by atoms with van der Waals surface area (Å²) >= 11 is 5.74. The van der Waals surface area contributed by atoms with E-state index in [2.05, 4.69) is 16.0 Å². The molecule has 4 nitrogen and oxygen atoms in total. The van der Waals surface area contributed by atoms with Crippen molar-refractivity contribution in [3.8, 4) is 0 Å². The van der Waals surface area contributed by atoms with Crippen LogP contribution in [0.25, 0.3) is 0 Å². The number of carbonyl (C=O) groups excluding carboxylic acids is 1. The first-order valence-corrected chi connectivity index (χ1v) is 5.63. The van der Waals surface area contributed by atoms with Gasteiger partial charge in [0.1, 0.15) is 0 Å². The molecule has 0 saturated carbocycles. The average Bonchev–Trinajstić information content (AvgIpc) is 2.19. The summed E-state index contributed by atoms with van der Waals surface area (Å²) < 4.78 is 0. The number of nitrogens with one attached hydrogen (secondary N) is 3. The number of carbonyl (C=O) groups is 1. The van der Waals surface area contributed by atoms with Crippen LogP contribution in [-0.4, -0.2) is 25.7 Å². The molecule has 1 aliphatic heterocycles. The standard InChI is InChI=1S/C11H14ClN3O/c12-9-1-3-10(4-2-9)15-11(16)14-7-8-5-13-6-8/h1-4,8,13H,5-7H2,(H2,14,15,16). The van der Waals surface area contributed by atoms with E-state index in [1.165, 1.54) is 0 Å². The zero-order valence-electron chi connectivity index (χ0n) is 8.79. The predicted octanol–water partition coefficient (Wildman–Crippen LogP) is 1.68. The molecule has 1 fully saturated rings. The van der Waals surface area contributed by atoms with Gasteiger partial charge in [0.25, 0.3) is 0 Å². The lowest BCUT2D eigenvalue weighted by atomic mass is 10.0. The second-order valence-corrected chi connectivity index (χ2v) is 4.30. The van der Waals surface area contributed by atoms with E-state index in [1.54, 1.807) is 24.3 Å². The number of rotatable bonds is 3. The van der Waals surface area contributed by atoms with Gasteiger partial charge >= 0.3 is 6.03 Å². The molecule has 0 aliphatic carbocycles. The number of halogens is 1. The third-order valence-electron chi connectivity index (χ3n) is 2.52. The van der Waals surface area contributed by atoms with Crippen molar-refractivity contribution in [2.24, 2.45) is 5.92 Å². The lowest BCUT2D eigenvalue weighted by molar-refractivity contribution is 0.246. The van der Waals surface area contributed by atoms with Crippen molar-refractivity contribution in [3.05, 3.63) is 29.3 Å². The number of urea groups is 1. The number of hydrogen-bond acceptors (Lipinski definition) is 2. The van der Waals surface area contributed by atoms with E-state index >= 15 is 0 Å². The van der Waals surface area contributed by atoms with Crippen LogP contribution in [0.3, 0.4) is 0 Å². The van der Waals surface area contributed by atoms with E-state index in [1.807, 2.05) is 0 Å². The van der Waals surface area contributed by atoms with Gasteiger partial charge in [0.05, 0.1) is 0 Å². The van der Waals surface area contributed by atoms with Crippen molar-refractivity contribution in [1.29, 1.82) is 0 Å². The fourth-order valence-corrected chi connectivity index (χ4v) is 1.56. The van der Waals surface area contributed by atoms with Gasteiger partial charge in [-0.15, -0.1) is 0 Å². The molecule has 0 atom stereocenters. The van der Waals surface area contributed by atoms with Crippen molar-refractivity contribution >= 4 is 23.3 Å². The second-order valence-electron chi connectivity index (χ2n) is 3.87. The summed E-state index contributed by atoms with van der Waals surface area (Å²) in [6, 6.07) is 6.86. The highest BCUT2D eigenvalue weighted by atomic mass is 35.5. The molecule has 2 rings (SSSR count). The molecule has 2 amide bonds. The maximum absolute atomic E-state index is 11.5. The van der Waals surface area contributed by atoms with Crippen LogP contribution in [-0.2, 0) is 0 Å². The lowest BCUT2D eigenvalue weighted by Crippen LogP contribution is -2.48. The van der Waals surface area contributed by atoms with Gasteiger partial charge in [0.15, 0.2) is 0 Å². The Labute approximate surface area is 99.4 Å². The molecule has 1 saturated heterocycles. The molecule has 5 heteroatoms. The molecule has 0 unspecified atom stereocenters. The van der Waals surface area contributed by atoms with E-state index in [4.69, 9.17) is 11.6 Å². The third kappa shape index (κ3) is 3.12. The summed E-state index contributed by atoms with van der Waals surface area (Å²) in [4.78, 5) is 11.5. The first-order valence-electron chi connectivity index (χ1n) is 5.25. The van der Waals surface area contributed by atoms with E-state index in [9.17, 15) is 4.79 Å². The minimum atomic E-state index is -0.172. The van der Waals surface area contributed by atoms with Crippen LogP contribution in [0, 0.1) is 5.92 Å². The first kappa shape index (κ1) is 11.2. The molecule has 0 radical (unpaired) electrons. The molecule has 3 N–H and O–H groups in total. The Morgan fingerprint density at radius 1 is 1.38 bits per heavy atom. The third-order valence-corrected chi connectivity index (χ3v) is 2.77. The normalized spacial score (nSPS) is 15.3. The van der Waals surface area contributed by atoms with E-state index in [0.717, 1.165) is 18.8 Å². The highest BCUT2D eigenvalue weighted by Crippen LogP contribution is 2.13. The van der Waals surface area contributed by atoms with Crippen molar-refractivity contribution < 1.29 is 4.79 Å². The Kier molecular flexibility index (Phi) is 3.64. The van der Waals surface area contributed by atoms with Crippen LogP contribution in [0.1, 0.15) is 0 Å². The molecule has 0 aromatic heterocycles. The van der Waals surface area contributed by atoms with Crippen LogP contribution in [0.5, 0.6) is 0 Å². The van der Waals surface area contributed by atoms with Gasteiger partial charge in [0.2, 0.25) is 0 Å². The monoisotopic (exact) mass is 239 g/mol. The van der Waals surface area contributed by atoms with E-state index in [0.29, 0.717) is 17.5 Å². The fourth-order valence-electron chi connectivity index (χ4n) is 1.44. The maximum Gasteiger partial charge on any atom is 0.319 e. The van der Waals surface area contributed by atoms with E-state index in [-0.39, 0.29) is 6.03 Å². The zero-order chi connectivity index (χ0) is 11.4.